The highest BCUT2D eigenvalue weighted by atomic mass is 16.7. The Morgan fingerprint density at radius 1 is 1.33 bits per heavy atom. The summed E-state index contributed by atoms with van der Waals surface area (Å²) in [6.45, 7) is 0.605. The first kappa shape index (κ1) is 6.68. The molecular formula is C7H10N2O3. The third-order valence-electron chi connectivity index (χ3n) is 2.65. The smallest absolute Gasteiger partial charge is 0.315 e. The van der Waals surface area contributed by atoms with Crippen LogP contribution in [0.1, 0.15) is 6.42 Å². The molecule has 12 heavy (non-hydrogen) atoms. The minimum atomic E-state index is -0.211. The fourth-order valence-electron chi connectivity index (χ4n) is 2.06. The van der Waals surface area contributed by atoms with Gasteiger partial charge in [0, 0.05) is 0 Å². The Kier molecular flexibility index (Phi) is 1.18. The Labute approximate surface area is 69.4 Å². The summed E-state index contributed by atoms with van der Waals surface area (Å²) in [6.07, 6.45) is 0.774. The van der Waals surface area contributed by atoms with E-state index < -0.39 is 0 Å². The molecule has 3 heterocycles. The Morgan fingerprint density at radius 2 is 2.17 bits per heavy atom. The van der Waals surface area contributed by atoms with Crippen LogP contribution in [-0.2, 0) is 9.47 Å². The van der Waals surface area contributed by atoms with Crippen LogP contribution in [0.15, 0.2) is 0 Å². The first-order valence-electron chi connectivity index (χ1n) is 4.17. The Hall–Kier alpha value is -0.810. The van der Waals surface area contributed by atoms with Gasteiger partial charge in [-0.05, 0) is 6.42 Å². The lowest BCUT2D eigenvalue weighted by atomic mass is 9.98. The number of fused-ring (bicyclic) bond motifs is 6. The van der Waals surface area contributed by atoms with Crippen LogP contribution < -0.4 is 10.6 Å². The van der Waals surface area contributed by atoms with Crippen LogP contribution in [0.4, 0.5) is 4.79 Å². The summed E-state index contributed by atoms with van der Waals surface area (Å²) in [7, 11) is 0. The average molecular weight is 170 g/mol. The van der Waals surface area contributed by atoms with Crippen LogP contribution in [0, 0.1) is 0 Å². The zero-order valence-corrected chi connectivity index (χ0v) is 6.45. The molecule has 0 aromatic heterocycles. The normalized spacial score (nSPS) is 49.8. The van der Waals surface area contributed by atoms with Gasteiger partial charge >= 0.3 is 6.03 Å². The second kappa shape index (κ2) is 2.11. The molecule has 4 unspecified atom stereocenters. The third kappa shape index (κ3) is 0.776. The van der Waals surface area contributed by atoms with Gasteiger partial charge in [-0.1, -0.05) is 0 Å². The molecule has 0 radical (unpaired) electrons. The molecule has 4 bridgehead atoms. The van der Waals surface area contributed by atoms with Crippen molar-refractivity contribution in [2.45, 2.75) is 30.9 Å². The van der Waals surface area contributed by atoms with Gasteiger partial charge in [-0.25, -0.2) is 4.79 Å². The molecule has 0 spiro atoms. The number of urea groups is 1. The van der Waals surface area contributed by atoms with Gasteiger partial charge in [0.15, 0.2) is 6.29 Å². The Morgan fingerprint density at radius 3 is 3.08 bits per heavy atom. The van der Waals surface area contributed by atoms with Gasteiger partial charge in [0.1, 0.15) is 6.10 Å². The number of carbonyl (C=O) groups is 1. The summed E-state index contributed by atoms with van der Waals surface area (Å²) < 4.78 is 10.9. The van der Waals surface area contributed by atoms with Crippen molar-refractivity contribution >= 4 is 6.03 Å². The molecule has 3 aliphatic heterocycles. The van der Waals surface area contributed by atoms with Gasteiger partial charge in [0.25, 0.3) is 0 Å². The largest absolute Gasteiger partial charge is 0.348 e. The lowest BCUT2D eigenvalue weighted by molar-refractivity contribution is -0.113. The van der Waals surface area contributed by atoms with E-state index in [0.29, 0.717) is 6.61 Å². The van der Waals surface area contributed by atoms with E-state index in [-0.39, 0.29) is 30.5 Å². The number of nitrogens with one attached hydrogen (secondary N) is 2. The quantitative estimate of drug-likeness (QED) is 0.499. The maximum Gasteiger partial charge on any atom is 0.315 e. The maximum absolute atomic E-state index is 11.1. The summed E-state index contributed by atoms with van der Waals surface area (Å²) in [6, 6.07) is 0.0880. The molecule has 2 amide bonds. The number of hydrogen-bond donors (Lipinski definition) is 2. The molecule has 4 atom stereocenters. The van der Waals surface area contributed by atoms with Gasteiger partial charge in [0.05, 0.1) is 18.7 Å². The molecule has 3 fully saturated rings. The zero-order chi connectivity index (χ0) is 8.13. The summed E-state index contributed by atoms with van der Waals surface area (Å²) >= 11 is 0. The van der Waals surface area contributed by atoms with E-state index in [1.807, 2.05) is 0 Å². The number of ether oxygens (including phenoxy) is 2. The summed E-state index contributed by atoms with van der Waals surface area (Å²) in [4.78, 5) is 11.1. The minimum absolute atomic E-state index is 0.0440. The van der Waals surface area contributed by atoms with Crippen LogP contribution in [-0.4, -0.2) is 37.1 Å². The van der Waals surface area contributed by atoms with Gasteiger partial charge < -0.3 is 20.1 Å². The van der Waals surface area contributed by atoms with E-state index in [2.05, 4.69) is 10.6 Å². The van der Waals surface area contributed by atoms with E-state index in [9.17, 15) is 4.79 Å². The van der Waals surface area contributed by atoms with E-state index in [1.165, 1.54) is 0 Å². The predicted octanol–water partition coefficient (Wildman–Crippen LogP) is -0.818. The average Bonchev–Trinajstić information content (AvgIpc) is 2.46. The fourth-order valence-corrected chi connectivity index (χ4v) is 2.06. The molecule has 3 aliphatic rings. The van der Waals surface area contributed by atoms with Crippen LogP contribution in [0.3, 0.4) is 0 Å². The number of amides is 2. The van der Waals surface area contributed by atoms with Gasteiger partial charge in [-0.15, -0.1) is 0 Å². The second-order valence-corrected chi connectivity index (χ2v) is 3.44. The molecule has 0 aliphatic carbocycles. The summed E-state index contributed by atoms with van der Waals surface area (Å²) in [5.74, 6) is 0. The van der Waals surface area contributed by atoms with Crippen LogP contribution >= 0.6 is 0 Å². The molecule has 0 saturated carbocycles. The third-order valence-corrected chi connectivity index (χ3v) is 2.65. The SMILES string of the molecule is O=C1NC2CC(N1)C1OCC2O1. The minimum Gasteiger partial charge on any atom is -0.348 e. The monoisotopic (exact) mass is 170 g/mol. The highest BCUT2D eigenvalue weighted by Gasteiger charge is 2.47. The predicted molar refractivity (Wildman–Crippen MR) is 38.5 cm³/mol. The van der Waals surface area contributed by atoms with Crippen LogP contribution in [0.25, 0.3) is 0 Å². The van der Waals surface area contributed by atoms with Crippen molar-refractivity contribution in [1.29, 1.82) is 0 Å². The summed E-state index contributed by atoms with van der Waals surface area (Å²) in [5.41, 5.74) is 0. The molecule has 66 valence electrons. The zero-order valence-electron chi connectivity index (χ0n) is 6.45. The van der Waals surface area contributed by atoms with Crippen molar-refractivity contribution in [1.82, 2.24) is 10.6 Å². The highest BCUT2D eigenvalue weighted by Crippen LogP contribution is 2.29. The fraction of sp³-hybridized carbons (Fsp3) is 0.857. The molecule has 2 N–H and O–H groups in total. The van der Waals surface area contributed by atoms with Crippen molar-refractivity contribution in [3.63, 3.8) is 0 Å². The van der Waals surface area contributed by atoms with Gasteiger partial charge in [-0.2, -0.15) is 0 Å². The van der Waals surface area contributed by atoms with Crippen LogP contribution in [0.5, 0.6) is 0 Å². The second-order valence-electron chi connectivity index (χ2n) is 3.44. The lowest BCUT2D eigenvalue weighted by Gasteiger charge is -2.38. The summed E-state index contributed by atoms with van der Waals surface area (Å²) in [5, 5.41) is 5.60. The van der Waals surface area contributed by atoms with Crippen molar-refractivity contribution in [3.8, 4) is 0 Å². The van der Waals surface area contributed by atoms with Crippen LogP contribution in [0.2, 0.25) is 0 Å². The van der Waals surface area contributed by atoms with E-state index >= 15 is 0 Å². The standard InChI is InChI=1S/C7H10N2O3/c10-7-8-3-1-4(9-7)6-11-2-5(3)12-6/h3-6H,1-2H2,(H2,8,9,10). The molecule has 5 nitrogen and oxygen atoms in total. The topological polar surface area (TPSA) is 59.6 Å². The molecule has 5 heteroatoms. The Bertz CT molecular complexity index is 213. The van der Waals surface area contributed by atoms with Crippen molar-refractivity contribution in [3.05, 3.63) is 0 Å². The van der Waals surface area contributed by atoms with E-state index in [4.69, 9.17) is 9.47 Å². The number of carbonyl (C=O) groups excluding carboxylic acids is 1. The lowest BCUT2D eigenvalue weighted by Crippen LogP contribution is -2.64. The number of rotatable bonds is 0. The molecule has 3 saturated heterocycles. The van der Waals surface area contributed by atoms with E-state index in [0.717, 1.165) is 6.42 Å². The van der Waals surface area contributed by atoms with Crippen molar-refractivity contribution < 1.29 is 14.3 Å². The molecular weight excluding hydrogens is 160 g/mol. The highest BCUT2D eigenvalue weighted by molar-refractivity contribution is 5.75. The molecule has 0 aromatic carbocycles. The molecule has 3 rings (SSSR count). The van der Waals surface area contributed by atoms with Crippen molar-refractivity contribution in [2.24, 2.45) is 0 Å². The molecule has 0 aromatic rings. The Balaban J connectivity index is 1.90. The van der Waals surface area contributed by atoms with E-state index in [1.54, 1.807) is 0 Å². The van der Waals surface area contributed by atoms with Crippen molar-refractivity contribution in [2.75, 3.05) is 6.61 Å². The van der Waals surface area contributed by atoms with Gasteiger partial charge in [0.2, 0.25) is 0 Å². The first-order chi connectivity index (χ1) is 5.83. The maximum atomic E-state index is 11.1. The number of hydrogen-bond acceptors (Lipinski definition) is 3. The first-order valence-corrected chi connectivity index (χ1v) is 4.17. The van der Waals surface area contributed by atoms with Gasteiger partial charge in [-0.3, -0.25) is 0 Å².